The maximum Gasteiger partial charge on any atom is 0.255 e. The van der Waals surface area contributed by atoms with Gasteiger partial charge in [-0.05, 0) is 24.6 Å². The van der Waals surface area contributed by atoms with E-state index in [2.05, 4.69) is 15.9 Å². The van der Waals surface area contributed by atoms with Gasteiger partial charge in [0.25, 0.3) is 5.91 Å². The van der Waals surface area contributed by atoms with Crippen LogP contribution in [-0.4, -0.2) is 54.3 Å². The summed E-state index contributed by atoms with van der Waals surface area (Å²) in [4.78, 5) is 27.3. The zero-order valence-electron chi connectivity index (χ0n) is 11.7. The molecule has 0 radical (unpaired) electrons. The van der Waals surface area contributed by atoms with Gasteiger partial charge in [-0.1, -0.05) is 15.9 Å². The van der Waals surface area contributed by atoms with E-state index in [0.29, 0.717) is 30.9 Å². The Morgan fingerprint density at radius 2 is 1.95 bits per heavy atom. The Labute approximate surface area is 132 Å². The Morgan fingerprint density at radius 1 is 1.19 bits per heavy atom. The normalized spacial score (nSPS) is 16.5. The van der Waals surface area contributed by atoms with Gasteiger partial charge < -0.3 is 16.4 Å². The van der Waals surface area contributed by atoms with E-state index in [1.54, 1.807) is 23.1 Å². The number of nitrogens with two attached hydrogens (primary N) is 2. The van der Waals surface area contributed by atoms with Crippen LogP contribution in [0.25, 0.3) is 0 Å². The molecule has 6 nitrogen and oxygen atoms in total. The smallest absolute Gasteiger partial charge is 0.255 e. The molecule has 2 rings (SSSR count). The first-order valence-corrected chi connectivity index (χ1v) is 7.61. The fraction of sp³-hybridized carbons (Fsp3) is 0.429. The van der Waals surface area contributed by atoms with Crippen LogP contribution in [0.4, 0.5) is 5.69 Å². The summed E-state index contributed by atoms with van der Waals surface area (Å²) in [5.41, 5.74) is 12.1. The Hall–Kier alpha value is -1.60. The van der Waals surface area contributed by atoms with Crippen LogP contribution >= 0.6 is 15.9 Å². The Morgan fingerprint density at radius 3 is 2.62 bits per heavy atom. The van der Waals surface area contributed by atoms with Crippen molar-refractivity contribution in [2.45, 2.75) is 6.42 Å². The number of hydrogen-bond donors (Lipinski definition) is 2. The number of primary amides is 1. The molecule has 0 unspecified atom stereocenters. The van der Waals surface area contributed by atoms with Crippen molar-refractivity contribution >= 4 is 33.4 Å². The third-order valence-corrected chi connectivity index (χ3v) is 3.99. The summed E-state index contributed by atoms with van der Waals surface area (Å²) in [5.74, 6) is -0.409. The Kier molecular flexibility index (Phi) is 5.19. The molecular weight excluding hydrogens is 336 g/mol. The van der Waals surface area contributed by atoms with Crippen LogP contribution < -0.4 is 11.5 Å². The van der Waals surface area contributed by atoms with Gasteiger partial charge in [-0.25, -0.2) is 0 Å². The molecule has 0 atom stereocenters. The second-order valence-electron chi connectivity index (χ2n) is 5.12. The summed E-state index contributed by atoms with van der Waals surface area (Å²) in [5, 5.41) is 0. The SMILES string of the molecule is NC(=O)CN1CCCN(C(=O)c2ccc(Br)cc2N)CC1. The van der Waals surface area contributed by atoms with E-state index >= 15 is 0 Å². The van der Waals surface area contributed by atoms with Crippen molar-refractivity contribution in [1.29, 1.82) is 0 Å². The number of amides is 2. The first-order valence-electron chi connectivity index (χ1n) is 6.82. The van der Waals surface area contributed by atoms with Crippen molar-refractivity contribution in [3.63, 3.8) is 0 Å². The molecule has 7 heteroatoms. The molecule has 1 heterocycles. The van der Waals surface area contributed by atoms with Crippen LogP contribution in [0.15, 0.2) is 22.7 Å². The lowest BCUT2D eigenvalue weighted by atomic mass is 10.1. The molecule has 1 aliphatic rings. The molecule has 2 amide bonds. The molecule has 114 valence electrons. The molecule has 1 aromatic rings. The van der Waals surface area contributed by atoms with Gasteiger partial charge in [-0.2, -0.15) is 0 Å². The van der Waals surface area contributed by atoms with Gasteiger partial charge in [0.2, 0.25) is 5.91 Å². The molecule has 0 aromatic heterocycles. The number of hydrogen-bond acceptors (Lipinski definition) is 4. The van der Waals surface area contributed by atoms with E-state index in [4.69, 9.17) is 11.5 Å². The molecule has 0 bridgehead atoms. The number of halogens is 1. The van der Waals surface area contributed by atoms with Gasteiger partial charge in [0.05, 0.1) is 12.1 Å². The van der Waals surface area contributed by atoms with Crippen LogP contribution in [0.5, 0.6) is 0 Å². The summed E-state index contributed by atoms with van der Waals surface area (Å²) in [6.45, 7) is 2.88. The van der Waals surface area contributed by atoms with Crippen molar-refractivity contribution in [2.24, 2.45) is 5.73 Å². The fourth-order valence-electron chi connectivity index (χ4n) is 2.45. The highest BCUT2D eigenvalue weighted by Crippen LogP contribution is 2.20. The van der Waals surface area contributed by atoms with Crippen molar-refractivity contribution in [3.05, 3.63) is 28.2 Å². The molecule has 1 fully saturated rings. The number of carbonyl (C=O) groups is 2. The zero-order valence-corrected chi connectivity index (χ0v) is 13.3. The lowest BCUT2D eigenvalue weighted by Gasteiger charge is -2.22. The van der Waals surface area contributed by atoms with Crippen LogP contribution in [-0.2, 0) is 4.79 Å². The van der Waals surface area contributed by atoms with Gasteiger partial charge >= 0.3 is 0 Å². The highest BCUT2D eigenvalue weighted by atomic mass is 79.9. The highest BCUT2D eigenvalue weighted by molar-refractivity contribution is 9.10. The monoisotopic (exact) mass is 354 g/mol. The van der Waals surface area contributed by atoms with Gasteiger partial charge in [-0.3, -0.25) is 14.5 Å². The Bertz CT molecular complexity index is 550. The second-order valence-corrected chi connectivity index (χ2v) is 6.04. The molecule has 21 heavy (non-hydrogen) atoms. The number of rotatable bonds is 3. The van der Waals surface area contributed by atoms with Crippen LogP contribution in [0.3, 0.4) is 0 Å². The van der Waals surface area contributed by atoms with Crippen molar-refractivity contribution in [2.75, 3.05) is 38.5 Å². The van der Waals surface area contributed by atoms with E-state index in [1.807, 2.05) is 4.90 Å². The van der Waals surface area contributed by atoms with Gasteiger partial charge in [0, 0.05) is 36.3 Å². The maximum absolute atomic E-state index is 12.5. The molecule has 1 aromatic carbocycles. The maximum atomic E-state index is 12.5. The predicted octanol–water partition coefficient (Wildman–Crippen LogP) is 0.665. The van der Waals surface area contributed by atoms with E-state index < -0.39 is 0 Å². The number of nitrogens with zero attached hydrogens (tertiary/aromatic N) is 2. The minimum atomic E-state index is -0.341. The molecule has 1 aliphatic heterocycles. The molecular formula is C14H19BrN4O2. The number of carbonyl (C=O) groups excluding carboxylic acids is 2. The lowest BCUT2D eigenvalue weighted by molar-refractivity contribution is -0.119. The first kappa shape index (κ1) is 15.8. The van der Waals surface area contributed by atoms with E-state index in [1.165, 1.54) is 0 Å². The fourth-order valence-corrected chi connectivity index (χ4v) is 2.83. The Balaban J connectivity index is 2.04. The minimum absolute atomic E-state index is 0.0686. The summed E-state index contributed by atoms with van der Waals surface area (Å²) >= 11 is 3.33. The standard InChI is InChI=1S/C14H19BrN4O2/c15-10-2-3-11(12(16)8-10)14(21)19-5-1-4-18(6-7-19)9-13(17)20/h2-3,8H,1,4-7,9,16H2,(H2,17,20). The van der Waals surface area contributed by atoms with E-state index in [-0.39, 0.29) is 18.4 Å². The quantitative estimate of drug-likeness (QED) is 0.780. The number of anilines is 1. The first-order chi connectivity index (χ1) is 9.97. The average Bonchev–Trinajstić information content (AvgIpc) is 2.63. The van der Waals surface area contributed by atoms with Crippen LogP contribution in [0, 0.1) is 0 Å². The molecule has 0 saturated carbocycles. The molecule has 0 aliphatic carbocycles. The number of benzene rings is 1. The zero-order chi connectivity index (χ0) is 15.4. The minimum Gasteiger partial charge on any atom is -0.398 e. The predicted molar refractivity (Wildman–Crippen MR) is 84.7 cm³/mol. The lowest BCUT2D eigenvalue weighted by Crippen LogP contribution is -2.38. The van der Waals surface area contributed by atoms with Gasteiger partial charge in [0.15, 0.2) is 0 Å². The molecule has 0 spiro atoms. The highest BCUT2D eigenvalue weighted by Gasteiger charge is 2.22. The topological polar surface area (TPSA) is 92.7 Å². The third-order valence-electron chi connectivity index (χ3n) is 3.50. The summed E-state index contributed by atoms with van der Waals surface area (Å²) in [6.07, 6.45) is 0.815. The van der Waals surface area contributed by atoms with Crippen molar-refractivity contribution in [1.82, 2.24) is 9.80 Å². The van der Waals surface area contributed by atoms with Crippen LogP contribution in [0.1, 0.15) is 16.8 Å². The second kappa shape index (κ2) is 6.91. The van der Waals surface area contributed by atoms with Gasteiger partial charge in [0.1, 0.15) is 0 Å². The van der Waals surface area contributed by atoms with E-state index in [9.17, 15) is 9.59 Å². The summed E-state index contributed by atoms with van der Waals surface area (Å²) in [6, 6.07) is 5.26. The van der Waals surface area contributed by atoms with Crippen LogP contribution in [0.2, 0.25) is 0 Å². The van der Waals surface area contributed by atoms with Crippen molar-refractivity contribution < 1.29 is 9.59 Å². The largest absolute Gasteiger partial charge is 0.398 e. The molecule has 1 saturated heterocycles. The van der Waals surface area contributed by atoms with E-state index in [0.717, 1.165) is 17.4 Å². The number of nitrogen functional groups attached to an aromatic ring is 1. The third kappa shape index (κ3) is 4.18. The van der Waals surface area contributed by atoms with Gasteiger partial charge in [-0.15, -0.1) is 0 Å². The summed E-state index contributed by atoms with van der Waals surface area (Å²) in [7, 11) is 0. The average molecular weight is 355 g/mol. The summed E-state index contributed by atoms with van der Waals surface area (Å²) < 4.78 is 0.847. The molecule has 4 N–H and O–H groups in total. The van der Waals surface area contributed by atoms with Crippen molar-refractivity contribution in [3.8, 4) is 0 Å².